The van der Waals surface area contributed by atoms with Crippen molar-refractivity contribution in [2.45, 2.75) is 45.3 Å². The molecular formula is C12H23N3O3. The molecule has 0 bridgehead atoms. The number of rotatable bonds is 2. The predicted octanol–water partition coefficient (Wildman–Crippen LogP) is 0.461. The van der Waals surface area contributed by atoms with Crippen molar-refractivity contribution in [3.05, 3.63) is 0 Å². The van der Waals surface area contributed by atoms with Crippen LogP contribution in [0.1, 0.15) is 34.1 Å². The molecule has 6 nitrogen and oxygen atoms in total. The van der Waals surface area contributed by atoms with Crippen molar-refractivity contribution in [1.82, 2.24) is 10.2 Å². The van der Waals surface area contributed by atoms with Gasteiger partial charge in [0.25, 0.3) is 0 Å². The number of nitrogens with one attached hydrogen (secondary N) is 1. The van der Waals surface area contributed by atoms with Gasteiger partial charge in [-0.05, 0) is 27.2 Å². The maximum Gasteiger partial charge on any atom is 0.410 e. The van der Waals surface area contributed by atoms with E-state index < -0.39 is 11.1 Å². The second-order valence-corrected chi connectivity index (χ2v) is 5.82. The minimum Gasteiger partial charge on any atom is -0.444 e. The lowest BCUT2D eigenvalue weighted by atomic mass is 9.99. The zero-order chi connectivity index (χ0) is 14.0. The number of likely N-dealkylation sites (tertiary alicyclic amines) is 1. The van der Waals surface area contributed by atoms with Gasteiger partial charge in [0.05, 0.1) is 5.54 Å². The highest BCUT2D eigenvalue weighted by Gasteiger charge is 2.40. The van der Waals surface area contributed by atoms with Crippen molar-refractivity contribution in [2.75, 3.05) is 19.6 Å². The molecule has 0 aromatic carbocycles. The van der Waals surface area contributed by atoms with E-state index in [2.05, 4.69) is 5.32 Å². The Labute approximate surface area is 108 Å². The summed E-state index contributed by atoms with van der Waals surface area (Å²) < 4.78 is 5.30. The highest BCUT2D eigenvalue weighted by molar-refractivity contribution is 5.74. The largest absolute Gasteiger partial charge is 0.444 e. The van der Waals surface area contributed by atoms with Crippen molar-refractivity contribution in [3.8, 4) is 0 Å². The molecule has 104 valence electrons. The molecule has 1 aliphatic rings. The van der Waals surface area contributed by atoms with E-state index in [0.717, 1.165) is 0 Å². The van der Waals surface area contributed by atoms with Gasteiger partial charge in [-0.1, -0.05) is 0 Å². The molecule has 3 N–H and O–H groups in total. The third-order valence-corrected chi connectivity index (χ3v) is 2.84. The van der Waals surface area contributed by atoms with Gasteiger partial charge in [-0.15, -0.1) is 0 Å². The van der Waals surface area contributed by atoms with E-state index in [1.54, 1.807) is 4.90 Å². The van der Waals surface area contributed by atoms with Crippen LogP contribution in [0.2, 0.25) is 0 Å². The summed E-state index contributed by atoms with van der Waals surface area (Å²) in [5, 5.41) is 2.84. The number of hydrogen-bond donors (Lipinski definition) is 2. The fourth-order valence-electron chi connectivity index (χ4n) is 2.05. The van der Waals surface area contributed by atoms with Crippen LogP contribution in [0.3, 0.4) is 0 Å². The Morgan fingerprint density at radius 2 is 2.06 bits per heavy atom. The summed E-state index contributed by atoms with van der Waals surface area (Å²) in [7, 11) is 0. The van der Waals surface area contributed by atoms with Crippen LogP contribution in [-0.2, 0) is 9.53 Å². The molecule has 1 fully saturated rings. The summed E-state index contributed by atoms with van der Waals surface area (Å²) in [5.74, 6) is -0.133. The minimum absolute atomic E-state index is 0.133. The zero-order valence-corrected chi connectivity index (χ0v) is 11.6. The van der Waals surface area contributed by atoms with Gasteiger partial charge in [0, 0.05) is 26.6 Å². The smallest absolute Gasteiger partial charge is 0.410 e. The molecule has 18 heavy (non-hydrogen) atoms. The molecule has 0 aliphatic carbocycles. The average Bonchev–Trinajstić information content (AvgIpc) is 2.59. The topological polar surface area (TPSA) is 84.7 Å². The first kappa shape index (κ1) is 14.8. The fraction of sp³-hybridized carbons (Fsp3) is 0.833. The standard InChI is InChI=1S/C12H23N3O3/c1-9(16)14-12(7-13)5-6-15(8-12)10(17)18-11(2,3)4/h5-8,13H2,1-4H3,(H,14,16). The van der Waals surface area contributed by atoms with Crippen molar-refractivity contribution < 1.29 is 14.3 Å². The Balaban J connectivity index is 2.64. The molecule has 1 rings (SSSR count). The average molecular weight is 257 g/mol. The quantitative estimate of drug-likeness (QED) is 0.752. The lowest BCUT2D eigenvalue weighted by Gasteiger charge is -2.29. The third-order valence-electron chi connectivity index (χ3n) is 2.84. The Bertz CT molecular complexity index is 338. The van der Waals surface area contributed by atoms with Gasteiger partial charge >= 0.3 is 6.09 Å². The molecule has 0 radical (unpaired) electrons. The van der Waals surface area contributed by atoms with E-state index in [9.17, 15) is 9.59 Å². The Kier molecular flexibility index (Phi) is 4.21. The van der Waals surface area contributed by atoms with Crippen molar-refractivity contribution >= 4 is 12.0 Å². The van der Waals surface area contributed by atoms with Gasteiger partial charge in [0.2, 0.25) is 5.91 Å². The number of carbonyl (C=O) groups is 2. The van der Waals surface area contributed by atoms with Gasteiger partial charge in [-0.3, -0.25) is 4.79 Å². The lowest BCUT2D eigenvalue weighted by molar-refractivity contribution is -0.120. The second kappa shape index (κ2) is 5.14. The minimum atomic E-state index is -0.515. The molecule has 2 amide bonds. The molecular weight excluding hydrogens is 234 g/mol. The SMILES string of the molecule is CC(=O)NC1(CN)CCN(C(=O)OC(C)(C)C)C1. The van der Waals surface area contributed by atoms with E-state index in [1.807, 2.05) is 20.8 Å². The number of amides is 2. The van der Waals surface area contributed by atoms with Crippen LogP contribution in [-0.4, -0.2) is 47.7 Å². The maximum atomic E-state index is 11.9. The van der Waals surface area contributed by atoms with Crippen LogP contribution >= 0.6 is 0 Å². The summed E-state index contributed by atoms with van der Waals surface area (Å²) in [5.41, 5.74) is 4.69. The van der Waals surface area contributed by atoms with Crippen LogP contribution in [0, 0.1) is 0 Å². The van der Waals surface area contributed by atoms with E-state index in [0.29, 0.717) is 26.1 Å². The summed E-state index contributed by atoms with van der Waals surface area (Å²) >= 11 is 0. The normalized spacial score (nSPS) is 23.9. The first-order valence-electron chi connectivity index (χ1n) is 6.14. The molecule has 0 saturated carbocycles. The summed E-state index contributed by atoms with van der Waals surface area (Å²) in [6, 6.07) is 0. The number of ether oxygens (including phenoxy) is 1. The van der Waals surface area contributed by atoms with Gasteiger partial charge in [-0.2, -0.15) is 0 Å². The first-order valence-corrected chi connectivity index (χ1v) is 6.14. The molecule has 0 spiro atoms. The molecule has 0 aromatic rings. The van der Waals surface area contributed by atoms with Crippen LogP contribution in [0.25, 0.3) is 0 Å². The fourth-order valence-corrected chi connectivity index (χ4v) is 2.05. The second-order valence-electron chi connectivity index (χ2n) is 5.82. The Morgan fingerprint density at radius 3 is 2.50 bits per heavy atom. The Morgan fingerprint density at radius 1 is 1.44 bits per heavy atom. The van der Waals surface area contributed by atoms with Gasteiger partial charge < -0.3 is 20.7 Å². The first-order chi connectivity index (χ1) is 8.17. The third kappa shape index (κ3) is 3.87. The molecule has 6 heteroatoms. The van der Waals surface area contributed by atoms with Crippen molar-refractivity contribution in [1.29, 1.82) is 0 Å². The van der Waals surface area contributed by atoms with Gasteiger partial charge in [0.1, 0.15) is 5.60 Å². The van der Waals surface area contributed by atoms with Crippen LogP contribution < -0.4 is 11.1 Å². The van der Waals surface area contributed by atoms with Gasteiger partial charge in [-0.25, -0.2) is 4.79 Å². The Hall–Kier alpha value is -1.30. The van der Waals surface area contributed by atoms with E-state index in [4.69, 9.17) is 10.5 Å². The molecule has 1 saturated heterocycles. The summed E-state index contributed by atoms with van der Waals surface area (Å²) in [6.45, 7) is 8.19. The van der Waals surface area contributed by atoms with E-state index in [-0.39, 0.29) is 12.0 Å². The van der Waals surface area contributed by atoms with Crippen molar-refractivity contribution in [3.63, 3.8) is 0 Å². The highest BCUT2D eigenvalue weighted by Crippen LogP contribution is 2.22. The van der Waals surface area contributed by atoms with E-state index in [1.165, 1.54) is 6.92 Å². The molecule has 1 heterocycles. The van der Waals surface area contributed by atoms with Gasteiger partial charge in [0.15, 0.2) is 0 Å². The van der Waals surface area contributed by atoms with Crippen molar-refractivity contribution in [2.24, 2.45) is 5.73 Å². The molecule has 1 aliphatic heterocycles. The predicted molar refractivity (Wildman–Crippen MR) is 68.0 cm³/mol. The zero-order valence-electron chi connectivity index (χ0n) is 11.6. The molecule has 1 atom stereocenters. The number of nitrogens with zero attached hydrogens (tertiary/aromatic N) is 1. The monoisotopic (exact) mass is 257 g/mol. The van der Waals surface area contributed by atoms with Crippen LogP contribution in [0.4, 0.5) is 4.79 Å². The number of carbonyl (C=O) groups excluding carboxylic acids is 2. The van der Waals surface area contributed by atoms with Crippen LogP contribution in [0.15, 0.2) is 0 Å². The number of nitrogens with two attached hydrogens (primary N) is 1. The lowest BCUT2D eigenvalue weighted by Crippen LogP contribution is -2.55. The maximum absolute atomic E-state index is 11.9. The van der Waals surface area contributed by atoms with E-state index >= 15 is 0 Å². The number of hydrogen-bond acceptors (Lipinski definition) is 4. The molecule has 1 unspecified atom stereocenters. The molecule has 0 aromatic heterocycles. The highest BCUT2D eigenvalue weighted by atomic mass is 16.6. The summed E-state index contributed by atoms with van der Waals surface area (Å²) in [4.78, 5) is 24.7. The summed E-state index contributed by atoms with van der Waals surface area (Å²) in [6.07, 6.45) is 0.297. The van der Waals surface area contributed by atoms with Crippen LogP contribution in [0.5, 0.6) is 0 Å².